The van der Waals surface area contributed by atoms with E-state index in [1.54, 1.807) is 16.7 Å². The minimum Gasteiger partial charge on any atom is -0.361 e. The second-order valence-electron chi connectivity index (χ2n) is 5.67. The third kappa shape index (κ3) is 4.38. The van der Waals surface area contributed by atoms with Gasteiger partial charge < -0.3 is 9.42 Å². The summed E-state index contributed by atoms with van der Waals surface area (Å²) >= 11 is 1.66. The molecule has 0 spiro atoms. The Morgan fingerprint density at radius 3 is 2.70 bits per heavy atom. The summed E-state index contributed by atoms with van der Waals surface area (Å²) in [6.07, 6.45) is 2.11. The van der Waals surface area contributed by atoms with Gasteiger partial charge in [-0.3, -0.25) is 4.79 Å². The van der Waals surface area contributed by atoms with Crippen LogP contribution < -0.4 is 0 Å². The van der Waals surface area contributed by atoms with Crippen molar-refractivity contribution in [1.29, 1.82) is 0 Å². The maximum atomic E-state index is 12.6. The maximum absolute atomic E-state index is 12.6. The van der Waals surface area contributed by atoms with Gasteiger partial charge in [0.25, 0.3) is 5.91 Å². The Kier molecular flexibility index (Phi) is 6.28. The van der Waals surface area contributed by atoms with Crippen molar-refractivity contribution in [2.24, 2.45) is 0 Å². The Balaban J connectivity index is 2.13. The Hall–Kier alpha value is -1.75. The monoisotopic (exact) mass is 332 g/mol. The van der Waals surface area contributed by atoms with Gasteiger partial charge in [0.15, 0.2) is 0 Å². The number of unbranched alkanes of at least 4 members (excludes halogenated alkanes) is 1. The molecule has 2 rings (SSSR count). The summed E-state index contributed by atoms with van der Waals surface area (Å²) in [4.78, 5) is 15.5. The minimum absolute atomic E-state index is 0.0836. The largest absolute Gasteiger partial charge is 0.361 e. The van der Waals surface area contributed by atoms with Gasteiger partial charge in [-0.15, -0.1) is 11.8 Å². The van der Waals surface area contributed by atoms with Gasteiger partial charge in [0, 0.05) is 29.8 Å². The standard InChI is InChI=1S/C18H24N2O2S/c1-5-6-11-20(4)18(21)15-9-7-8-10-17(15)23-12-16-13(2)19-22-14(16)3/h7-10H,5-6,11-12H2,1-4H3. The molecule has 0 unspecified atom stereocenters. The summed E-state index contributed by atoms with van der Waals surface area (Å²) in [6.45, 7) is 6.79. The molecule has 0 aliphatic heterocycles. The van der Waals surface area contributed by atoms with Crippen LogP contribution in [-0.4, -0.2) is 29.6 Å². The summed E-state index contributed by atoms with van der Waals surface area (Å²) in [5, 5.41) is 3.98. The molecule has 0 saturated carbocycles. The molecule has 124 valence electrons. The van der Waals surface area contributed by atoms with Crippen LogP contribution in [0.3, 0.4) is 0 Å². The van der Waals surface area contributed by atoms with Gasteiger partial charge >= 0.3 is 0 Å². The Morgan fingerprint density at radius 1 is 1.30 bits per heavy atom. The summed E-state index contributed by atoms with van der Waals surface area (Å²) in [5.41, 5.74) is 2.79. The molecular weight excluding hydrogens is 308 g/mol. The number of aromatic nitrogens is 1. The molecule has 0 saturated heterocycles. The number of amides is 1. The number of hydrogen-bond acceptors (Lipinski definition) is 4. The van der Waals surface area contributed by atoms with E-state index in [1.807, 2.05) is 45.2 Å². The van der Waals surface area contributed by atoms with Crippen molar-refractivity contribution in [3.05, 3.63) is 46.8 Å². The third-order valence-electron chi connectivity index (χ3n) is 3.86. The summed E-state index contributed by atoms with van der Waals surface area (Å²) in [7, 11) is 1.87. The quantitative estimate of drug-likeness (QED) is 0.703. The normalized spacial score (nSPS) is 10.8. The molecule has 1 aromatic carbocycles. The zero-order valence-corrected chi connectivity index (χ0v) is 15.1. The van der Waals surface area contributed by atoms with E-state index in [0.717, 1.165) is 52.6 Å². The van der Waals surface area contributed by atoms with Gasteiger partial charge in [-0.05, 0) is 32.4 Å². The molecule has 0 aliphatic carbocycles. The van der Waals surface area contributed by atoms with Crippen molar-refractivity contribution in [2.75, 3.05) is 13.6 Å². The van der Waals surface area contributed by atoms with Crippen LogP contribution in [0.5, 0.6) is 0 Å². The number of benzene rings is 1. The zero-order chi connectivity index (χ0) is 16.8. The molecule has 0 aliphatic rings. The SMILES string of the molecule is CCCCN(C)C(=O)c1ccccc1SCc1c(C)noc1C. The molecule has 1 heterocycles. The van der Waals surface area contributed by atoms with Crippen LogP contribution >= 0.6 is 11.8 Å². The van der Waals surface area contributed by atoms with Gasteiger partial charge in [-0.25, -0.2) is 0 Å². The number of thioether (sulfide) groups is 1. The first kappa shape index (κ1) is 17.6. The second-order valence-corrected chi connectivity index (χ2v) is 6.68. The van der Waals surface area contributed by atoms with Crippen molar-refractivity contribution in [2.45, 2.75) is 44.3 Å². The molecule has 0 N–H and O–H groups in total. The Morgan fingerprint density at radius 2 is 2.04 bits per heavy atom. The average Bonchev–Trinajstić information content (AvgIpc) is 2.88. The first-order valence-corrected chi connectivity index (χ1v) is 8.92. The van der Waals surface area contributed by atoms with Crippen molar-refractivity contribution in [3.8, 4) is 0 Å². The van der Waals surface area contributed by atoms with E-state index in [-0.39, 0.29) is 5.91 Å². The maximum Gasteiger partial charge on any atom is 0.254 e. The lowest BCUT2D eigenvalue weighted by atomic mass is 10.2. The lowest BCUT2D eigenvalue weighted by Gasteiger charge is -2.18. The minimum atomic E-state index is 0.0836. The van der Waals surface area contributed by atoms with Crippen LogP contribution in [0.25, 0.3) is 0 Å². The third-order valence-corrected chi connectivity index (χ3v) is 4.96. The first-order valence-electron chi connectivity index (χ1n) is 7.93. The topological polar surface area (TPSA) is 46.3 Å². The molecule has 1 amide bonds. The van der Waals surface area contributed by atoms with Gasteiger partial charge in [0.05, 0.1) is 11.3 Å². The molecule has 5 heteroatoms. The summed E-state index contributed by atoms with van der Waals surface area (Å²) in [5.74, 6) is 1.68. The number of nitrogens with zero attached hydrogens (tertiary/aromatic N) is 2. The summed E-state index contributed by atoms with van der Waals surface area (Å²) in [6, 6.07) is 7.80. The molecule has 4 nitrogen and oxygen atoms in total. The molecule has 0 fully saturated rings. The molecule has 1 aromatic heterocycles. The van der Waals surface area contributed by atoms with Gasteiger partial charge in [-0.1, -0.05) is 30.6 Å². The lowest BCUT2D eigenvalue weighted by molar-refractivity contribution is 0.0790. The van der Waals surface area contributed by atoms with E-state index < -0.39 is 0 Å². The Bertz CT molecular complexity index is 647. The molecule has 2 aromatic rings. The smallest absolute Gasteiger partial charge is 0.254 e. The van der Waals surface area contributed by atoms with Crippen LogP contribution in [0.1, 0.15) is 47.1 Å². The van der Waals surface area contributed by atoms with E-state index in [0.29, 0.717) is 0 Å². The predicted octanol–water partition coefficient (Wildman–Crippen LogP) is 4.46. The highest BCUT2D eigenvalue weighted by Gasteiger charge is 2.16. The van der Waals surface area contributed by atoms with E-state index in [1.165, 1.54) is 0 Å². The van der Waals surface area contributed by atoms with Crippen molar-refractivity contribution in [3.63, 3.8) is 0 Å². The van der Waals surface area contributed by atoms with E-state index in [4.69, 9.17) is 4.52 Å². The van der Waals surface area contributed by atoms with Crippen LogP contribution in [0.2, 0.25) is 0 Å². The number of carbonyl (C=O) groups is 1. The molecule has 23 heavy (non-hydrogen) atoms. The van der Waals surface area contributed by atoms with Crippen LogP contribution in [0.4, 0.5) is 0 Å². The van der Waals surface area contributed by atoms with Crippen molar-refractivity contribution >= 4 is 17.7 Å². The highest BCUT2D eigenvalue weighted by atomic mass is 32.2. The number of rotatable bonds is 7. The fourth-order valence-corrected chi connectivity index (χ4v) is 3.53. The number of hydrogen-bond donors (Lipinski definition) is 0. The van der Waals surface area contributed by atoms with E-state index in [9.17, 15) is 4.79 Å². The van der Waals surface area contributed by atoms with Gasteiger partial charge in [0.1, 0.15) is 5.76 Å². The van der Waals surface area contributed by atoms with Crippen LogP contribution in [0.15, 0.2) is 33.7 Å². The fourth-order valence-electron chi connectivity index (χ4n) is 2.33. The Labute approximate surface area is 142 Å². The molecular formula is C18H24N2O2S. The molecule has 0 atom stereocenters. The van der Waals surface area contributed by atoms with Gasteiger partial charge in [0.2, 0.25) is 0 Å². The van der Waals surface area contributed by atoms with Crippen molar-refractivity contribution in [1.82, 2.24) is 10.1 Å². The number of carbonyl (C=O) groups excluding carboxylic acids is 1. The molecule has 0 bridgehead atoms. The second kappa shape index (κ2) is 8.20. The van der Waals surface area contributed by atoms with Gasteiger partial charge in [-0.2, -0.15) is 0 Å². The lowest BCUT2D eigenvalue weighted by Crippen LogP contribution is -2.28. The predicted molar refractivity (Wildman–Crippen MR) is 93.8 cm³/mol. The van der Waals surface area contributed by atoms with Crippen molar-refractivity contribution < 1.29 is 9.32 Å². The molecule has 0 radical (unpaired) electrons. The zero-order valence-electron chi connectivity index (χ0n) is 14.3. The highest BCUT2D eigenvalue weighted by Crippen LogP contribution is 2.29. The summed E-state index contributed by atoms with van der Waals surface area (Å²) < 4.78 is 5.21. The van der Waals surface area contributed by atoms with E-state index in [2.05, 4.69) is 12.1 Å². The van der Waals surface area contributed by atoms with Crippen LogP contribution in [0, 0.1) is 13.8 Å². The van der Waals surface area contributed by atoms with E-state index >= 15 is 0 Å². The van der Waals surface area contributed by atoms with Crippen LogP contribution in [-0.2, 0) is 5.75 Å². The number of aryl methyl sites for hydroxylation is 2. The average molecular weight is 332 g/mol. The fraction of sp³-hybridized carbons (Fsp3) is 0.444. The first-order chi connectivity index (χ1) is 11.0. The highest BCUT2D eigenvalue weighted by molar-refractivity contribution is 7.98.